The second-order valence-corrected chi connectivity index (χ2v) is 9.57. The predicted octanol–water partition coefficient (Wildman–Crippen LogP) is 3.35. The van der Waals surface area contributed by atoms with E-state index in [-0.39, 0.29) is 35.5 Å². The highest BCUT2D eigenvalue weighted by Gasteiger charge is 2.32. The summed E-state index contributed by atoms with van der Waals surface area (Å²) in [6.07, 6.45) is 0.831. The average molecular weight is 455 g/mol. The Labute approximate surface area is 181 Å². The zero-order valence-electron chi connectivity index (χ0n) is 16.6. The van der Waals surface area contributed by atoms with E-state index in [2.05, 4.69) is 5.32 Å². The van der Waals surface area contributed by atoms with Crippen LogP contribution in [-0.2, 0) is 27.1 Å². The number of methoxy groups -OCH3 is 1. The quantitative estimate of drug-likeness (QED) is 0.696. The summed E-state index contributed by atoms with van der Waals surface area (Å²) in [5.74, 6) is -0.742. The topological polar surface area (TPSA) is 75.7 Å². The number of hydrogen-bond acceptors (Lipinski definition) is 4. The van der Waals surface area contributed by atoms with E-state index in [0.717, 1.165) is 11.3 Å². The number of nitrogens with one attached hydrogen (secondary N) is 1. The van der Waals surface area contributed by atoms with Crippen molar-refractivity contribution in [3.05, 3.63) is 64.4 Å². The molecule has 0 aliphatic carbocycles. The predicted molar refractivity (Wildman–Crippen MR) is 113 cm³/mol. The summed E-state index contributed by atoms with van der Waals surface area (Å²) in [5, 5.41) is 2.99. The van der Waals surface area contributed by atoms with Crippen molar-refractivity contribution in [2.45, 2.75) is 25.1 Å². The lowest BCUT2D eigenvalue weighted by Crippen LogP contribution is -2.43. The molecule has 1 heterocycles. The van der Waals surface area contributed by atoms with Crippen molar-refractivity contribution < 1.29 is 22.3 Å². The highest BCUT2D eigenvalue weighted by molar-refractivity contribution is 7.88. The van der Waals surface area contributed by atoms with Gasteiger partial charge < -0.3 is 10.1 Å². The maximum absolute atomic E-state index is 14.0. The van der Waals surface area contributed by atoms with E-state index in [1.54, 1.807) is 7.11 Å². The van der Waals surface area contributed by atoms with E-state index in [0.29, 0.717) is 19.4 Å². The molecule has 1 fully saturated rings. The number of hydrogen-bond donors (Lipinski definition) is 1. The van der Waals surface area contributed by atoms with E-state index >= 15 is 0 Å². The number of rotatable bonds is 7. The Bertz CT molecular complexity index is 970. The lowest BCUT2D eigenvalue weighted by atomic mass is 9.97. The number of halogens is 2. The van der Waals surface area contributed by atoms with Gasteiger partial charge in [0, 0.05) is 36.1 Å². The molecule has 6 nitrogen and oxygen atoms in total. The minimum absolute atomic E-state index is 0.0291. The Morgan fingerprint density at radius 2 is 1.87 bits per heavy atom. The zero-order chi connectivity index (χ0) is 21.7. The summed E-state index contributed by atoms with van der Waals surface area (Å²) in [4.78, 5) is 12.5. The first-order chi connectivity index (χ1) is 14.3. The van der Waals surface area contributed by atoms with Crippen molar-refractivity contribution in [2.75, 3.05) is 20.2 Å². The minimum atomic E-state index is -3.73. The normalized spacial score (nSPS) is 15.7. The molecule has 0 atom stereocenters. The third kappa shape index (κ3) is 5.50. The molecule has 3 rings (SSSR count). The van der Waals surface area contributed by atoms with E-state index < -0.39 is 21.6 Å². The largest absolute Gasteiger partial charge is 0.497 e. The maximum atomic E-state index is 14.0. The molecular formula is C21H24ClFN2O4S. The van der Waals surface area contributed by atoms with Gasteiger partial charge in [-0.05, 0) is 42.7 Å². The van der Waals surface area contributed by atoms with Crippen LogP contribution in [0, 0.1) is 11.7 Å². The average Bonchev–Trinajstić information content (AvgIpc) is 2.75. The van der Waals surface area contributed by atoms with Crippen LogP contribution in [0.2, 0.25) is 5.02 Å². The highest BCUT2D eigenvalue weighted by Crippen LogP contribution is 2.26. The number of carbonyl (C=O) groups is 1. The molecule has 30 heavy (non-hydrogen) atoms. The van der Waals surface area contributed by atoms with Crippen LogP contribution in [0.15, 0.2) is 42.5 Å². The third-order valence-corrected chi connectivity index (χ3v) is 7.39. The van der Waals surface area contributed by atoms with Gasteiger partial charge in [0.05, 0.1) is 12.9 Å². The van der Waals surface area contributed by atoms with E-state index in [1.807, 2.05) is 24.3 Å². The molecule has 0 bridgehead atoms. The third-order valence-electron chi connectivity index (χ3n) is 5.23. The van der Waals surface area contributed by atoms with Crippen LogP contribution >= 0.6 is 11.6 Å². The molecule has 1 aliphatic heterocycles. The van der Waals surface area contributed by atoms with Crippen molar-refractivity contribution in [3.63, 3.8) is 0 Å². The number of amides is 1. The Kier molecular flexibility index (Phi) is 7.33. The van der Waals surface area contributed by atoms with Gasteiger partial charge in [0.25, 0.3) is 0 Å². The molecule has 0 spiro atoms. The molecule has 0 unspecified atom stereocenters. The second-order valence-electron chi connectivity index (χ2n) is 7.20. The summed E-state index contributed by atoms with van der Waals surface area (Å²) < 4.78 is 45.8. The summed E-state index contributed by atoms with van der Waals surface area (Å²) in [7, 11) is -2.14. The fourth-order valence-corrected chi connectivity index (χ4v) is 5.33. The van der Waals surface area contributed by atoms with Crippen molar-refractivity contribution in [1.29, 1.82) is 0 Å². The van der Waals surface area contributed by atoms with Crippen LogP contribution in [0.25, 0.3) is 0 Å². The van der Waals surface area contributed by atoms with E-state index in [1.165, 1.54) is 22.5 Å². The molecular weight excluding hydrogens is 431 g/mol. The fourth-order valence-electron chi connectivity index (χ4n) is 3.42. The van der Waals surface area contributed by atoms with Crippen LogP contribution in [0.3, 0.4) is 0 Å². The van der Waals surface area contributed by atoms with Crippen LogP contribution < -0.4 is 10.1 Å². The lowest BCUT2D eigenvalue weighted by Gasteiger charge is -2.30. The van der Waals surface area contributed by atoms with E-state index in [4.69, 9.17) is 16.3 Å². The first-order valence-electron chi connectivity index (χ1n) is 9.61. The molecule has 162 valence electrons. The number of sulfonamides is 1. The van der Waals surface area contributed by atoms with Crippen LogP contribution in [0.4, 0.5) is 4.39 Å². The van der Waals surface area contributed by atoms with Crippen LogP contribution in [0.5, 0.6) is 5.75 Å². The van der Waals surface area contributed by atoms with Gasteiger partial charge in [-0.1, -0.05) is 29.8 Å². The SMILES string of the molecule is COc1ccc(CNC(=O)C2CCN(S(=O)(=O)Cc3c(F)cccc3Cl)CC2)cc1. The Hall–Kier alpha value is -2.16. The van der Waals surface area contributed by atoms with Gasteiger partial charge in [-0.3, -0.25) is 4.79 Å². The summed E-state index contributed by atoms with van der Waals surface area (Å²) in [5.41, 5.74) is 0.921. The Morgan fingerprint density at radius 1 is 1.20 bits per heavy atom. The standard InChI is InChI=1S/C21H24ClFN2O4S/c1-29-17-7-5-15(6-8-17)13-24-21(26)16-9-11-25(12-10-16)30(27,28)14-18-19(22)3-2-4-20(18)23/h2-8,16H,9-14H2,1H3,(H,24,26). The van der Waals surface area contributed by atoms with Gasteiger partial charge >= 0.3 is 0 Å². The smallest absolute Gasteiger partial charge is 0.223 e. The summed E-state index contributed by atoms with van der Waals surface area (Å²) in [6, 6.07) is 11.5. The van der Waals surface area contributed by atoms with E-state index in [9.17, 15) is 17.6 Å². The van der Waals surface area contributed by atoms with Crippen molar-refractivity contribution >= 4 is 27.5 Å². The molecule has 1 N–H and O–H groups in total. The molecule has 0 aromatic heterocycles. The van der Waals surface area contributed by atoms with Gasteiger partial charge in [0.2, 0.25) is 15.9 Å². The number of carbonyl (C=O) groups excluding carboxylic acids is 1. The molecule has 0 radical (unpaired) electrons. The Balaban J connectivity index is 1.52. The monoisotopic (exact) mass is 454 g/mol. The zero-order valence-corrected chi connectivity index (χ0v) is 18.2. The van der Waals surface area contributed by atoms with Gasteiger partial charge in [-0.25, -0.2) is 17.1 Å². The molecule has 1 amide bonds. The molecule has 9 heteroatoms. The van der Waals surface area contributed by atoms with Crippen LogP contribution in [-0.4, -0.2) is 38.8 Å². The van der Waals surface area contributed by atoms with Crippen molar-refractivity contribution in [2.24, 2.45) is 5.92 Å². The first-order valence-corrected chi connectivity index (χ1v) is 11.6. The highest BCUT2D eigenvalue weighted by atomic mass is 35.5. The van der Waals surface area contributed by atoms with Gasteiger partial charge in [-0.15, -0.1) is 0 Å². The summed E-state index contributed by atoms with van der Waals surface area (Å²) in [6.45, 7) is 0.831. The Morgan fingerprint density at radius 3 is 2.47 bits per heavy atom. The number of nitrogens with zero attached hydrogens (tertiary/aromatic N) is 1. The first kappa shape index (κ1) is 22.5. The van der Waals surface area contributed by atoms with Gasteiger partial charge in [-0.2, -0.15) is 0 Å². The molecule has 1 saturated heterocycles. The fraction of sp³-hybridized carbons (Fsp3) is 0.381. The van der Waals surface area contributed by atoms with Gasteiger partial charge in [0.15, 0.2) is 0 Å². The number of piperidine rings is 1. The molecule has 2 aromatic rings. The molecule has 2 aromatic carbocycles. The number of ether oxygens (including phenoxy) is 1. The van der Waals surface area contributed by atoms with Gasteiger partial charge in [0.1, 0.15) is 11.6 Å². The minimum Gasteiger partial charge on any atom is -0.497 e. The summed E-state index contributed by atoms with van der Waals surface area (Å²) >= 11 is 5.96. The lowest BCUT2D eigenvalue weighted by molar-refractivity contribution is -0.126. The number of benzene rings is 2. The second kappa shape index (κ2) is 9.76. The van der Waals surface area contributed by atoms with Crippen LogP contribution in [0.1, 0.15) is 24.0 Å². The maximum Gasteiger partial charge on any atom is 0.223 e. The molecule has 0 saturated carbocycles. The van der Waals surface area contributed by atoms with Crippen molar-refractivity contribution in [3.8, 4) is 5.75 Å². The molecule has 1 aliphatic rings. The van der Waals surface area contributed by atoms with Crippen molar-refractivity contribution in [1.82, 2.24) is 9.62 Å².